The summed E-state index contributed by atoms with van der Waals surface area (Å²) in [5.74, 6) is 0.440. The van der Waals surface area contributed by atoms with Gasteiger partial charge in [0.25, 0.3) is 5.69 Å². The predicted octanol–water partition coefficient (Wildman–Crippen LogP) is 2.44. The van der Waals surface area contributed by atoms with Crippen molar-refractivity contribution in [2.45, 2.75) is 25.2 Å². The third kappa shape index (κ3) is 1.43. The average Bonchev–Trinajstić information content (AvgIpc) is 2.05. The molecule has 1 aliphatic rings. The molecule has 1 aromatic rings. The molecular formula is C10H12N2O2. The fraction of sp³-hybridized carbons (Fsp3) is 0.400. The van der Waals surface area contributed by atoms with Crippen LogP contribution in [0.25, 0.3) is 0 Å². The highest BCUT2D eigenvalue weighted by molar-refractivity contribution is 5.54. The van der Waals surface area contributed by atoms with Gasteiger partial charge in [-0.05, 0) is 30.4 Å². The average molecular weight is 192 g/mol. The van der Waals surface area contributed by atoms with Crippen molar-refractivity contribution < 1.29 is 4.92 Å². The molecule has 0 unspecified atom stereocenters. The quantitative estimate of drug-likeness (QED) is 0.444. The first kappa shape index (κ1) is 8.99. The van der Waals surface area contributed by atoms with Crippen molar-refractivity contribution in [2.75, 3.05) is 5.73 Å². The Balaban J connectivity index is 2.36. The summed E-state index contributed by atoms with van der Waals surface area (Å²) in [6.07, 6.45) is 3.41. The summed E-state index contributed by atoms with van der Waals surface area (Å²) < 4.78 is 0. The van der Waals surface area contributed by atoms with Crippen LogP contribution in [0.4, 0.5) is 11.4 Å². The molecule has 2 N–H and O–H groups in total. The molecule has 14 heavy (non-hydrogen) atoms. The first-order valence-electron chi connectivity index (χ1n) is 4.72. The van der Waals surface area contributed by atoms with Crippen molar-refractivity contribution in [3.8, 4) is 0 Å². The number of nitro benzene ring substituents is 1. The number of hydrogen-bond donors (Lipinski definition) is 1. The van der Waals surface area contributed by atoms with Crippen molar-refractivity contribution >= 4 is 11.4 Å². The van der Waals surface area contributed by atoms with Crippen molar-refractivity contribution in [1.29, 1.82) is 0 Å². The molecule has 0 atom stereocenters. The van der Waals surface area contributed by atoms with E-state index in [0.717, 1.165) is 18.4 Å². The van der Waals surface area contributed by atoms with Crippen LogP contribution < -0.4 is 5.73 Å². The summed E-state index contributed by atoms with van der Waals surface area (Å²) >= 11 is 0. The number of nitrogens with zero attached hydrogens (tertiary/aromatic N) is 1. The van der Waals surface area contributed by atoms with Gasteiger partial charge in [0.15, 0.2) is 0 Å². The van der Waals surface area contributed by atoms with E-state index in [1.807, 2.05) is 0 Å². The van der Waals surface area contributed by atoms with Crippen LogP contribution in [0.2, 0.25) is 0 Å². The van der Waals surface area contributed by atoms with E-state index in [1.165, 1.54) is 12.5 Å². The first-order chi connectivity index (χ1) is 6.68. The van der Waals surface area contributed by atoms with Gasteiger partial charge in [-0.1, -0.05) is 6.42 Å². The summed E-state index contributed by atoms with van der Waals surface area (Å²) in [6.45, 7) is 0. The Morgan fingerprint density at radius 2 is 2.14 bits per heavy atom. The number of anilines is 1. The number of non-ortho nitro benzene ring substituents is 1. The van der Waals surface area contributed by atoms with E-state index >= 15 is 0 Å². The maximum atomic E-state index is 10.6. The Morgan fingerprint density at radius 1 is 1.43 bits per heavy atom. The first-order valence-corrected chi connectivity index (χ1v) is 4.72. The second-order valence-corrected chi connectivity index (χ2v) is 3.70. The molecule has 0 saturated heterocycles. The molecule has 2 rings (SSSR count). The number of rotatable bonds is 2. The highest BCUT2D eigenvalue weighted by atomic mass is 16.6. The Hall–Kier alpha value is -1.58. The van der Waals surface area contributed by atoms with Gasteiger partial charge in [0, 0.05) is 17.8 Å². The minimum atomic E-state index is -0.373. The van der Waals surface area contributed by atoms with E-state index in [0.29, 0.717) is 11.6 Å². The maximum absolute atomic E-state index is 10.6. The normalized spacial score (nSPS) is 16.3. The van der Waals surface area contributed by atoms with Gasteiger partial charge in [0.05, 0.1) is 4.92 Å². The van der Waals surface area contributed by atoms with E-state index in [1.54, 1.807) is 12.1 Å². The van der Waals surface area contributed by atoms with Gasteiger partial charge in [0.1, 0.15) is 0 Å². The molecule has 0 aromatic heterocycles. The Kier molecular flexibility index (Phi) is 2.11. The van der Waals surface area contributed by atoms with Crippen LogP contribution >= 0.6 is 0 Å². The SMILES string of the molecule is Nc1ccc([N+](=O)[O-])cc1C1CCC1. The van der Waals surface area contributed by atoms with Crippen LogP contribution in [0.15, 0.2) is 18.2 Å². The van der Waals surface area contributed by atoms with E-state index in [-0.39, 0.29) is 10.6 Å². The Labute approximate surface area is 81.9 Å². The zero-order valence-electron chi connectivity index (χ0n) is 7.77. The lowest BCUT2D eigenvalue weighted by atomic mass is 9.79. The van der Waals surface area contributed by atoms with Gasteiger partial charge < -0.3 is 5.73 Å². The summed E-state index contributed by atoms with van der Waals surface area (Å²) in [5.41, 5.74) is 7.55. The van der Waals surface area contributed by atoms with Crippen molar-refractivity contribution in [3.63, 3.8) is 0 Å². The van der Waals surface area contributed by atoms with E-state index in [9.17, 15) is 10.1 Å². The summed E-state index contributed by atoms with van der Waals surface area (Å²) in [5, 5.41) is 10.6. The third-order valence-corrected chi connectivity index (χ3v) is 2.83. The van der Waals surface area contributed by atoms with Gasteiger partial charge in [-0.3, -0.25) is 10.1 Å². The van der Waals surface area contributed by atoms with E-state index in [2.05, 4.69) is 0 Å². The second kappa shape index (κ2) is 3.29. The van der Waals surface area contributed by atoms with Crippen LogP contribution in [-0.2, 0) is 0 Å². The molecule has 1 aromatic carbocycles. The Bertz CT molecular complexity index is 372. The van der Waals surface area contributed by atoms with Crippen molar-refractivity contribution in [1.82, 2.24) is 0 Å². The number of hydrogen-bond acceptors (Lipinski definition) is 3. The van der Waals surface area contributed by atoms with Gasteiger partial charge in [-0.25, -0.2) is 0 Å². The Morgan fingerprint density at radius 3 is 2.64 bits per heavy atom. The molecule has 0 heterocycles. The lowest BCUT2D eigenvalue weighted by molar-refractivity contribution is -0.384. The number of nitro groups is 1. The van der Waals surface area contributed by atoms with Crippen LogP contribution in [0, 0.1) is 10.1 Å². The lowest BCUT2D eigenvalue weighted by Gasteiger charge is -2.26. The van der Waals surface area contributed by atoms with Crippen molar-refractivity contribution in [3.05, 3.63) is 33.9 Å². The molecule has 0 bridgehead atoms. The predicted molar refractivity (Wildman–Crippen MR) is 54.1 cm³/mol. The molecule has 0 amide bonds. The fourth-order valence-corrected chi connectivity index (χ4v) is 1.75. The molecular weight excluding hydrogens is 180 g/mol. The monoisotopic (exact) mass is 192 g/mol. The standard InChI is InChI=1S/C10H12N2O2/c11-10-5-4-8(12(13)14)6-9(10)7-2-1-3-7/h4-7H,1-3,11H2. The maximum Gasteiger partial charge on any atom is 0.269 e. The summed E-state index contributed by atoms with van der Waals surface area (Å²) in [6, 6.07) is 4.70. The number of benzene rings is 1. The smallest absolute Gasteiger partial charge is 0.269 e. The zero-order valence-corrected chi connectivity index (χ0v) is 7.77. The minimum absolute atomic E-state index is 0.140. The summed E-state index contributed by atoms with van der Waals surface area (Å²) in [4.78, 5) is 10.2. The molecule has 1 saturated carbocycles. The second-order valence-electron chi connectivity index (χ2n) is 3.70. The molecule has 0 radical (unpaired) electrons. The van der Waals surface area contributed by atoms with Crippen LogP contribution in [0.3, 0.4) is 0 Å². The summed E-state index contributed by atoms with van der Waals surface area (Å²) in [7, 11) is 0. The van der Waals surface area contributed by atoms with E-state index < -0.39 is 0 Å². The molecule has 1 fully saturated rings. The molecule has 4 heteroatoms. The lowest BCUT2D eigenvalue weighted by Crippen LogP contribution is -2.11. The van der Waals surface area contributed by atoms with Crippen LogP contribution in [0.1, 0.15) is 30.7 Å². The highest BCUT2D eigenvalue weighted by Gasteiger charge is 2.23. The molecule has 0 spiro atoms. The zero-order chi connectivity index (χ0) is 10.1. The van der Waals surface area contributed by atoms with Crippen LogP contribution in [-0.4, -0.2) is 4.92 Å². The number of nitrogen functional groups attached to an aromatic ring is 1. The van der Waals surface area contributed by atoms with Gasteiger partial charge in [0.2, 0.25) is 0 Å². The topological polar surface area (TPSA) is 69.2 Å². The molecule has 0 aliphatic heterocycles. The molecule has 4 nitrogen and oxygen atoms in total. The minimum Gasteiger partial charge on any atom is -0.398 e. The molecule has 74 valence electrons. The van der Waals surface area contributed by atoms with Gasteiger partial charge in [-0.15, -0.1) is 0 Å². The fourth-order valence-electron chi connectivity index (χ4n) is 1.75. The van der Waals surface area contributed by atoms with Gasteiger partial charge >= 0.3 is 0 Å². The van der Waals surface area contributed by atoms with Gasteiger partial charge in [-0.2, -0.15) is 0 Å². The third-order valence-electron chi connectivity index (χ3n) is 2.83. The largest absolute Gasteiger partial charge is 0.398 e. The highest BCUT2D eigenvalue weighted by Crippen LogP contribution is 2.40. The van der Waals surface area contributed by atoms with Crippen LogP contribution in [0.5, 0.6) is 0 Å². The van der Waals surface area contributed by atoms with Crippen molar-refractivity contribution in [2.24, 2.45) is 0 Å². The molecule has 1 aliphatic carbocycles. The number of nitrogens with two attached hydrogens (primary N) is 1. The van der Waals surface area contributed by atoms with E-state index in [4.69, 9.17) is 5.73 Å².